The highest BCUT2D eigenvalue weighted by Gasteiger charge is 2.42. The van der Waals surface area contributed by atoms with Gasteiger partial charge in [-0.05, 0) is 61.8 Å². The van der Waals surface area contributed by atoms with Gasteiger partial charge in [-0.3, -0.25) is 4.90 Å². The van der Waals surface area contributed by atoms with E-state index in [-0.39, 0.29) is 18.4 Å². The zero-order chi connectivity index (χ0) is 25.9. The molecule has 1 fully saturated rings. The van der Waals surface area contributed by atoms with Crippen LogP contribution in [0.4, 0.5) is 9.59 Å². The van der Waals surface area contributed by atoms with Crippen molar-refractivity contribution in [3.63, 3.8) is 0 Å². The van der Waals surface area contributed by atoms with Crippen LogP contribution < -0.4 is 5.32 Å². The molecule has 36 heavy (non-hydrogen) atoms. The zero-order valence-electron chi connectivity index (χ0n) is 21.3. The van der Waals surface area contributed by atoms with E-state index in [1.807, 2.05) is 24.3 Å². The molecule has 1 aliphatic carbocycles. The van der Waals surface area contributed by atoms with Gasteiger partial charge in [0.1, 0.15) is 18.2 Å². The van der Waals surface area contributed by atoms with Crippen LogP contribution in [0.25, 0.3) is 11.1 Å². The number of benzene rings is 2. The maximum Gasteiger partial charge on any atom is 0.411 e. The lowest BCUT2D eigenvalue weighted by Crippen LogP contribution is -2.43. The second-order valence-electron chi connectivity index (χ2n) is 10.3. The number of methoxy groups -OCH3 is 1. The third-order valence-corrected chi connectivity index (χ3v) is 6.65. The number of esters is 1. The van der Waals surface area contributed by atoms with Gasteiger partial charge in [0.2, 0.25) is 0 Å². The molecule has 2 aromatic carbocycles. The Labute approximate surface area is 211 Å². The molecule has 0 spiro atoms. The Balaban J connectivity index is 1.28. The fraction of sp³-hybridized carbons (Fsp3) is 0.464. The van der Waals surface area contributed by atoms with Crippen molar-refractivity contribution in [2.75, 3.05) is 26.8 Å². The number of alkyl carbamates (subject to hydrolysis) is 1. The van der Waals surface area contributed by atoms with Crippen molar-refractivity contribution in [1.29, 1.82) is 0 Å². The summed E-state index contributed by atoms with van der Waals surface area (Å²) in [4.78, 5) is 38.7. The standard InChI is InChI=1S/C28H34N2O6/c1-28(2,3)36-27(33)30-16-18(15-24(30)25(31)34-4)13-14-29-26(32)35-17-23-21-11-7-5-9-19(21)20-10-6-8-12-22(20)23/h5-12,18,23-24H,13-17H2,1-4H3,(H,29,32). The van der Waals surface area contributed by atoms with Crippen LogP contribution in [0.5, 0.6) is 0 Å². The smallest absolute Gasteiger partial charge is 0.411 e. The zero-order valence-corrected chi connectivity index (χ0v) is 21.3. The van der Waals surface area contributed by atoms with Gasteiger partial charge in [0.05, 0.1) is 7.11 Å². The van der Waals surface area contributed by atoms with Crippen molar-refractivity contribution >= 4 is 18.2 Å². The van der Waals surface area contributed by atoms with Crippen molar-refractivity contribution in [3.05, 3.63) is 59.7 Å². The quantitative estimate of drug-likeness (QED) is 0.462. The van der Waals surface area contributed by atoms with Crippen molar-refractivity contribution in [2.45, 2.75) is 51.2 Å². The number of hydrogen-bond donors (Lipinski definition) is 1. The van der Waals surface area contributed by atoms with Gasteiger partial charge in [-0.25, -0.2) is 14.4 Å². The summed E-state index contributed by atoms with van der Waals surface area (Å²) in [7, 11) is 1.31. The van der Waals surface area contributed by atoms with Crippen LogP contribution in [0.3, 0.4) is 0 Å². The van der Waals surface area contributed by atoms with Gasteiger partial charge in [-0.2, -0.15) is 0 Å². The summed E-state index contributed by atoms with van der Waals surface area (Å²) in [5.41, 5.74) is 4.01. The third-order valence-electron chi connectivity index (χ3n) is 6.65. The SMILES string of the molecule is COC(=O)C1CC(CCNC(=O)OCC2c3ccccc3-c3ccccc32)CN1C(=O)OC(C)(C)C. The summed E-state index contributed by atoms with van der Waals surface area (Å²) in [5, 5.41) is 2.81. The van der Waals surface area contributed by atoms with Gasteiger partial charge in [0, 0.05) is 19.0 Å². The summed E-state index contributed by atoms with van der Waals surface area (Å²) in [6.07, 6.45) is 0.0307. The molecule has 0 radical (unpaired) electrons. The van der Waals surface area contributed by atoms with E-state index < -0.39 is 29.8 Å². The molecule has 0 bridgehead atoms. The number of nitrogens with zero attached hydrogens (tertiary/aromatic N) is 1. The van der Waals surface area contributed by atoms with E-state index in [1.165, 1.54) is 23.1 Å². The number of carbonyl (C=O) groups is 3. The highest BCUT2D eigenvalue weighted by atomic mass is 16.6. The molecule has 8 nitrogen and oxygen atoms in total. The highest BCUT2D eigenvalue weighted by molar-refractivity contribution is 5.82. The second kappa shape index (κ2) is 10.6. The minimum absolute atomic E-state index is 0.00110. The summed E-state index contributed by atoms with van der Waals surface area (Å²) < 4.78 is 15.9. The number of likely N-dealkylation sites (tertiary alicyclic amines) is 1. The van der Waals surface area contributed by atoms with Crippen molar-refractivity contribution < 1.29 is 28.6 Å². The molecule has 0 aromatic heterocycles. The Morgan fingerprint density at radius 2 is 1.61 bits per heavy atom. The molecule has 4 rings (SSSR count). The summed E-state index contributed by atoms with van der Waals surface area (Å²) in [5.74, 6) is -0.440. The average Bonchev–Trinajstić information content (AvgIpc) is 3.41. The second-order valence-corrected chi connectivity index (χ2v) is 10.3. The molecule has 1 saturated heterocycles. The van der Waals surface area contributed by atoms with E-state index in [1.54, 1.807) is 20.8 Å². The first-order valence-electron chi connectivity index (χ1n) is 12.3. The summed E-state index contributed by atoms with van der Waals surface area (Å²) in [6, 6.07) is 15.7. The molecule has 2 amide bonds. The summed E-state index contributed by atoms with van der Waals surface area (Å²) in [6.45, 7) is 6.33. The van der Waals surface area contributed by atoms with Crippen LogP contribution in [0, 0.1) is 5.92 Å². The minimum atomic E-state index is -0.690. The van der Waals surface area contributed by atoms with Gasteiger partial charge in [0.15, 0.2) is 0 Å². The Bertz CT molecular complexity index is 1080. The van der Waals surface area contributed by atoms with Crippen LogP contribution in [0.1, 0.15) is 50.7 Å². The van der Waals surface area contributed by atoms with E-state index in [4.69, 9.17) is 14.2 Å². The molecule has 192 valence electrons. The van der Waals surface area contributed by atoms with Crippen LogP contribution >= 0.6 is 0 Å². The fourth-order valence-corrected chi connectivity index (χ4v) is 5.04. The van der Waals surface area contributed by atoms with E-state index in [0.29, 0.717) is 25.9 Å². The molecule has 2 unspecified atom stereocenters. The van der Waals surface area contributed by atoms with Crippen molar-refractivity contribution in [1.82, 2.24) is 10.2 Å². The molecule has 0 saturated carbocycles. The third kappa shape index (κ3) is 5.64. The lowest BCUT2D eigenvalue weighted by molar-refractivity contribution is -0.145. The molecule has 1 heterocycles. The predicted molar refractivity (Wildman–Crippen MR) is 135 cm³/mol. The van der Waals surface area contributed by atoms with Gasteiger partial charge in [0.25, 0.3) is 0 Å². The Kier molecular flexibility index (Phi) is 7.52. The van der Waals surface area contributed by atoms with E-state index >= 15 is 0 Å². The van der Waals surface area contributed by atoms with Crippen LogP contribution in [0.15, 0.2) is 48.5 Å². The normalized spacial score (nSPS) is 18.8. The molecular formula is C28H34N2O6. The van der Waals surface area contributed by atoms with Crippen LogP contribution in [0.2, 0.25) is 0 Å². The lowest BCUT2D eigenvalue weighted by atomic mass is 9.98. The lowest BCUT2D eigenvalue weighted by Gasteiger charge is -2.27. The Morgan fingerprint density at radius 1 is 1.00 bits per heavy atom. The number of carbonyl (C=O) groups excluding carboxylic acids is 3. The number of rotatable bonds is 6. The first kappa shape index (κ1) is 25.5. The molecule has 2 aromatic rings. The molecule has 1 aliphatic heterocycles. The maximum atomic E-state index is 12.6. The minimum Gasteiger partial charge on any atom is -0.467 e. The monoisotopic (exact) mass is 494 g/mol. The molecule has 2 atom stereocenters. The average molecular weight is 495 g/mol. The van der Waals surface area contributed by atoms with E-state index in [9.17, 15) is 14.4 Å². The molecule has 8 heteroatoms. The summed E-state index contributed by atoms with van der Waals surface area (Å²) >= 11 is 0. The molecule has 1 N–H and O–H groups in total. The van der Waals surface area contributed by atoms with E-state index in [0.717, 1.165) is 11.1 Å². The number of fused-ring (bicyclic) bond motifs is 3. The number of amides is 2. The van der Waals surface area contributed by atoms with Crippen molar-refractivity contribution in [2.24, 2.45) is 5.92 Å². The number of nitrogens with one attached hydrogen (secondary N) is 1. The first-order valence-corrected chi connectivity index (χ1v) is 12.3. The van der Waals surface area contributed by atoms with Crippen LogP contribution in [-0.2, 0) is 19.0 Å². The Morgan fingerprint density at radius 3 is 2.19 bits per heavy atom. The molecular weight excluding hydrogens is 460 g/mol. The fourth-order valence-electron chi connectivity index (χ4n) is 5.04. The molecule has 2 aliphatic rings. The first-order chi connectivity index (χ1) is 17.2. The van der Waals surface area contributed by atoms with Gasteiger partial charge < -0.3 is 19.5 Å². The topological polar surface area (TPSA) is 94.2 Å². The number of hydrogen-bond acceptors (Lipinski definition) is 6. The van der Waals surface area contributed by atoms with Gasteiger partial charge in [-0.1, -0.05) is 48.5 Å². The van der Waals surface area contributed by atoms with E-state index in [2.05, 4.69) is 29.6 Å². The van der Waals surface area contributed by atoms with Crippen LogP contribution in [-0.4, -0.2) is 61.5 Å². The van der Waals surface area contributed by atoms with Crippen molar-refractivity contribution in [3.8, 4) is 11.1 Å². The highest BCUT2D eigenvalue weighted by Crippen LogP contribution is 2.44. The largest absolute Gasteiger partial charge is 0.467 e. The number of ether oxygens (including phenoxy) is 3. The maximum absolute atomic E-state index is 12.6. The van der Waals surface area contributed by atoms with Gasteiger partial charge >= 0.3 is 18.2 Å². The Hall–Kier alpha value is -3.55. The predicted octanol–water partition coefficient (Wildman–Crippen LogP) is 4.71. The van der Waals surface area contributed by atoms with Gasteiger partial charge in [-0.15, -0.1) is 0 Å².